The monoisotopic (exact) mass is 596 g/mol. The number of methoxy groups -OCH3 is 1. The number of nitrogens with zero attached hydrogens (tertiary/aromatic N) is 2. The highest BCUT2D eigenvalue weighted by molar-refractivity contribution is 9.10. The van der Waals surface area contributed by atoms with Gasteiger partial charge in [0.15, 0.2) is 11.5 Å². The van der Waals surface area contributed by atoms with Crippen molar-refractivity contribution in [3.05, 3.63) is 92.4 Å². The van der Waals surface area contributed by atoms with E-state index in [0.29, 0.717) is 37.7 Å². The maximum atomic E-state index is 12.8. The van der Waals surface area contributed by atoms with E-state index >= 15 is 0 Å². The molecule has 196 valence electrons. The van der Waals surface area contributed by atoms with Crippen LogP contribution < -0.4 is 20.2 Å². The molecule has 0 saturated heterocycles. The van der Waals surface area contributed by atoms with Gasteiger partial charge in [0.25, 0.3) is 11.8 Å². The lowest BCUT2D eigenvalue weighted by atomic mass is 10.0. The van der Waals surface area contributed by atoms with Crippen LogP contribution in [0.4, 0.5) is 0 Å². The first-order chi connectivity index (χ1) is 18.2. The van der Waals surface area contributed by atoms with Crippen LogP contribution in [-0.2, 0) is 11.4 Å². The van der Waals surface area contributed by atoms with Crippen LogP contribution in [0.15, 0.2) is 70.2 Å². The van der Waals surface area contributed by atoms with Gasteiger partial charge < -0.3 is 14.8 Å². The Kier molecular flexibility index (Phi) is 10.3. The van der Waals surface area contributed by atoms with Crippen LogP contribution in [0, 0.1) is 17.2 Å². The number of rotatable bonds is 10. The number of halogens is 2. The van der Waals surface area contributed by atoms with Crippen molar-refractivity contribution in [1.29, 1.82) is 5.26 Å². The van der Waals surface area contributed by atoms with E-state index < -0.39 is 17.9 Å². The molecule has 0 aromatic heterocycles. The molecule has 0 radical (unpaired) electrons. The summed E-state index contributed by atoms with van der Waals surface area (Å²) in [5.74, 6) is -0.161. The third-order valence-electron chi connectivity index (χ3n) is 5.47. The molecular weight excluding hydrogens is 572 g/mol. The second-order valence-electron chi connectivity index (χ2n) is 8.53. The highest BCUT2D eigenvalue weighted by atomic mass is 79.9. The fourth-order valence-electron chi connectivity index (χ4n) is 3.49. The van der Waals surface area contributed by atoms with E-state index in [0.717, 1.165) is 5.56 Å². The summed E-state index contributed by atoms with van der Waals surface area (Å²) in [4.78, 5) is 25.4. The Hall–Kier alpha value is -3.87. The van der Waals surface area contributed by atoms with Crippen LogP contribution in [-0.4, -0.2) is 31.2 Å². The van der Waals surface area contributed by atoms with Crippen LogP contribution in [0.5, 0.6) is 11.5 Å². The third-order valence-corrected chi connectivity index (χ3v) is 6.30. The lowest BCUT2D eigenvalue weighted by Crippen LogP contribution is -2.48. The zero-order valence-electron chi connectivity index (χ0n) is 21.0. The number of amides is 2. The van der Waals surface area contributed by atoms with Crippen molar-refractivity contribution in [2.75, 3.05) is 7.11 Å². The lowest BCUT2D eigenvalue weighted by Gasteiger charge is -2.20. The molecule has 0 saturated carbocycles. The number of benzene rings is 3. The van der Waals surface area contributed by atoms with Gasteiger partial charge in [-0.2, -0.15) is 10.4 Å². The Balaban J connectivity index is 1.68. The van der Waals surface area contributed by atoms with Gasteiger partial charge in [-0.15, -0.1) is 0 Å². The lowest BCUT2D eigenvalue weighted by molar-refractivity contribution is -0.123. The fraction of sp³-hybridized carbons (Fsp3) is 0.214. The Labute approximate surface area is 234 Å². The second-order valence-corrected chi connectivity index (χ2v) is 9.82. The Morgan fingerprint density at radius 2 is 1.92 bits per heavy atom. The van der Waals surface area contributed by atoms with Gasteiger partial charge in [-0.05, 0) is 63.8 Å². The highest BCUT2D eigenvalue weighted by Crippen LogP contribution is 2.37. The number of hydrazone groups is 1. The summed E-state index contributed by atoms with van der Waals surface area (Å²) in [6, 6.07) is 18.5. The Morgan fingerprint density at radius 1 is 1.16 bits per heavy atom. The van der Waals surface area contributed by atoms with Crippen LogP contribution in [0.25, 0.3) is 0 Å². The van der Waals surface area contributed by atoms with Crippen molar-refractivity contribution >= 4 is 45.6 Å². The molecule has 0 aliphatic rings. The Morgan fingerprint density at radius 3 is 2.61 bits per heavy atom. The third kappa shape index (κ3) is 7.57. The molecule has 38 heavy (non-hydrogen) atoms. The maximum Gasteiger partial charge on any atom is 0.262 e. The van der Waals surface area contributed by atoms with Crippen LogP contribution >= 0.6 is 27.5 Å². The van der Waals surface area contributed by atoms with E-state index in [2.05, 4.69) is 37.8 Å². The Bertz CT molecular complexity index is 1390. The van der Waals surface area contributed by atoms with E-state index in [1.54, 1.807) is 42.5 Å². The summed E-state index contributed by atoms with van der Waals surface area (Å²) >= 11 is 9.46. The van der Waals surface area contributed by atoms with Crippen molar-refractivity contribution in [3.8, 4) is 17.6 Å². The van der Waals surface area contributed by atoms with E-state index in [1.807, 2.05) is 26.0 Å². The summed E-state index contributed by atoms with van der Waals surface area (Å²) in [5, 5.41) is 16.5. The average molecular weight is 598 g/mol. The highest BCUT2D eigenvalue weighted by Gasteiger charge is 2.24. The van der Waals surface area contributed by atoms with E-state index in [4.69, 9.17) is 21.1 Å². The molecule has 10 heteroatoms. The van der Waals surface area contributed by atoms with Crippen molar-refractivity contribution < 1.29 is 19.1 Å². The van der Waals surface area contributed by atoms with Gasteiger partial charge >= 0.3 is 0 Å². The summed E-state index contributed by atoms with van der Waals surface area (Å²) in [6.45, 7) is 3.82. The van der Waals surface area contributed by atoms with Crippen LogP contribution in [0.3, 0.4) is 0 Å². The smallest absolute Gasteiger partial charge is 0.262 e. The molecule has 3 rings (SSSR count). The predicted molar refractivity (Wildman–Crippen MR) is 149 cm³/mol. The summed E-state index contributed by atoms with van der Waals surface area (Å²) in [5.41, 5.74) is 4.75. The molecule has 2 N–H and O–H groups in total. The first-order valence-corrected chi connectivity index (χ1v) is 12.8. The van der Waals surface area contributed by atoms with Gasteiger partial charge in [0.05, 0.1) is 29.4 Å². The summed E-state index contributed by atoms with van der Waals surface area (Å²) < 4.78 is 12.0. The standard InChI is InChI=1S/C28H26BrClN4O4/c1-17(2)25(33-27(35)19-9-6-10-22(30)13-19)28(36)34-32-15-18-11-23(29)26(24(12-18)37-3)38-16-21-8-5-4-7-20(21)14-31/h4-13,15,17,25H,16H2,1-3H3,(H,33,35)(H,34,36)/b32-15+. The maximum absolute atomic E-state index is 12.8. The normalized spacial score (nSPS) is 11.6. The average Bonchev–Trinajstić information content (AvgIpc) is 2.90. The van der Waals surface area contributed by atoms with E-state index in [9.17, 15) is 14.9 Å². The molecule has 0 aliphatic heterocycles. The molecule has 2 amide bonds. The van der Waals surface area contributed by atoms with Crippen LogP contribution in [0.1, 0.15) is 40.9 Å². The number of carbonyl (C=O) groups is 2. The second kappa shape index (κ2) is 13.6. The van der Waals surface area contributed by atoms with Gasteiger partial charge in [-0.3, -0.25) is 9.59 Å². The first kappa shape index (κ1) is 28.7. The number of carbonyl (C=O) groups excluding carboxylic acids is 2. The molecule has 8 nitrogen and oxygen atoms in total. The van der Waals surface area contributed by atoms with E-state index in [1.165, 1.54) is 19.4 Å². The molecule has 3 aromatic carbocycles. The van der Waals surface area contributed by atoms with Gasteiger partial charge in [0.1, 0.15) is 12.6 Å². The quantitative estimate of drug-likeness (QED) is 0.238. The number of hydrogen-bond donors (Lipinski definition) is 2. The minimum atomic E-state index is -0.813. The van der Waals surface area contributed by atoms with E-state index in [-0.39, 0.29) is 12.5 Å². The van der Waals surface area contributed by atoms with Crippen molar-refractivity contribution in [2.45, 2.75) is 26.5 Å². The van der Waals surface area contributed by atoms with Gasteiger partial charge in [0.2, 0.25) is 0 Å². The van der Waals surface area contributed by atoms with Gasteiger partial charge in [-0.25, -0.2) is 5.43 Å². The molecule has 0 bridgehead atoms. The molecule has 0 fully saturated rings. The number of nitriles is 1. The molecule has 3 aromatic rings. The molecule has 1 unspecified atom stereocenters. The molecule has 1 atom stereocenters. The molecule has 0 aliphatic carbocycles. The minimum Gasteiger partial charge on any atom is -0.493 e. The summed E-state index contributed by atoms with van der Waals surface area (Å²) in [7, 11) is 1.51. The number of hydrogen-bond acceptors (Lipinski definition) is 6. The van der Waals surface area contributed by atoms with Gasteiger partial charge in [0, 0.05) is 16.1 Å². The SMILES string of the molecule is COc1cc(/C=N/NC(=O)C(NC(=O)c2cccc(Cl)c2)C(C)C)cc(Br)c1OCc1ccccc1C#N. The molecular formula is C28H26BrClN4O4. The number of ether oxygens (including phenoxy) is 2. The molecule has 0 spiro atoms. The molecule has 0 heterocycles. The summed E-state index contributed by atoms with van der Waals surface area (Å²) in [6.07, 6.45) is 1.45. The van der Waals surface area contributed by atoms with Gasteiger partial charge in [-0.1, -0.05) is 49.7 Å². The fourth-order valence-corrected chi connectivity index (χ4v) is 4.25. The predicted octanol–water partition coefficient (Wildman–Crippen LogP) is 5.47. The topological polar surface area (TPSA) is 113 Å². The van der Waals surface area contributed by atoms with Crippen molar-refractivity contribution in [3.63, 3.8) is 0 Å². The van der Waals surface area contributed by atoms with Crippen molar-refractivity contribution in [1.82, 2.24) is 10.7 Å². The first-order valence-electron chi connectivity index (χ1n) is 11.6. The minimum absolute atomic E-state index is 0.180. The number of nitrogens with one attached hydrogen (secondary N) is 2. The largest absolute Gasteiger partial charge is 0.493 e. The zero-order valence-corrected chi connectivity index (χ0v) is 23.3. The van der Waals surface area contributed by atoms with Crippen LogP contribution in [0.2, 0.25) is 5.02 Å². The van der Waals surface area contributed by atoms with Crippen molar-refractivity contribution in [2.24, 2.45) is 11.0 Å². The zero-order chi connectivity index (χ0) is 27.7.